The van der Waals surface area contributed by atoms with Gasteiger partial charge < -0.3 is 4.74 Å². The van der Waals surface area contributed by atoms with E-state index in [-0.39, 0.29) is 0 Å². The fourth-order valence-electron chi connectivity index (χ4n) is 2.45. The Morgan fingerprint density at radius 1 is 1.24 bits per heavy atom. The van der Waals surface area contributed by atoms with Crippen molar-refractivity contribution in [3.63, 3.8) is 0 Å². The Hall–Kier alpha value is -2.47. The normalized spacial score (nSPS) is 11.3. The number of thiophene rings is 1. The predicted molar refractivity (Wildman–Crippen MR) is 82.9 cm³/mol. The molecule has 0 fully saturated rings. The standard InChI is InChI=1S/C15H12N4OS/c1-9-17-18-14-13-12(7-21-15(13)16-8-19(9)14)10-4-3-5-11(6-10)20-2/h3-8H,1-2H3. The number of methoxy groups -OCH3 is 1. The Bertz CT molecular complexity index is 957. The van der Waals surface area contributed by atoms with Crippen LogP contribution in [-0.4, -0.2) is 26.7 Å². The molecule has 0 N–H and O–H groups in total. The van der Waals surface area contributed by atoms with E-state index in [9.17, 15) is 0 Å². The van der Waals surface area contributed by atoms with Gasteiger partial charge in [0.05, 0.1) is 12.5 Å². The number of nitrogens with zero attached hydrogens (tertiary/aromatic N) is 4. The Morgan fingerprint density at radius 2 is 2.14 bits per heavy atom. The van der Waals surface area contributed by atoms with Crippen molar-refractivity contribution in [3.8, 4) is 16.9 Å². The predicted octanol–water partition coefficient (Wildman–Crippen LogP) is 3.32. The Labute approximate surface area is 124 Å². The third kappa shape index (κ3) is 1.80. The molecule has 0 spiro atoms. The summed E-state index contributed by atoms with van der Waals surface area (Å²) in [6.45, 7) is 1.92. The van der Waals surface area contributed by atoms with Gasteiger partial charge in [-0.1, -0.05) is 12.1 Å². The van der Waals surface area contributed by atoms with Crippen LogP contribution in [0.5, 0.6) is 5.75 Å². The van der Waals surface area contributed by atoms with E-state index < -0.39 is 0 Å². The van der Waals surface area contributed by atoms with Crippen LogP contribution in [0, 0.1) is 6.92 Å². The molecule has 4 rings (SSSR count). The second kappa shape index (κ2) is 4.53. The number of hydrogen-bond donors (Lipinski definition) is 0. The van der Waals surface area contributed by atoms with Crippen molar-refractivity contribution in [1.82, 2.24) is 19.6 Å². The molecule has 0 amide bonds. The average Bonchev–Trinajstić information content (AvgIpc) is 3.11. The fraction of sp³-hybridized carbons (Fsp3) is 0.133. The smallest absolute Gasteiger partial charge is 0.173 e. The zero-order chi connectivity index (χ0) is 14.4. The van der Waals surface area contributed by atoms with Crippen LogP contribution in [-0.2, 0) is 0 Å². The highest BCUT2D eigenvalue weighted by molar-refractivity contribution is 7.17. The van der Waals surface area contributed by atoms with E-state index in [1.54, 1.807) is 24.8 Å². The lowest BCUT2D eigenvalue weighted by Crippen LogP contribution is -1.90. The van der Waals surface area contributed by atoms with Gasteiger partial charge in [0.25, 0.3) is 0 Å². The van der Waals surface area contributed by atoms with Crippen LogP contribution in [0.4, 0.5) is 0 Å². The second-order valence-electron chi connectivity index (χ2n) is 4.75. The van der Waals surface area contributed by atoms with Gasteiger partial charge in [-0.05, 0) is 24.6 Å². The number of benzene rings is 1. The van der Waals surface area contributed by atoms with Crippen LogP contribution in [0.25, 0.3) is 27.0 Å². The van der Waals surface area contributed by atoms with Crippen LogP contribution in [0.3, 0.4) is 0 Å². The molecule has 4 aromatic rings. The maximum absolute atomic E-state index is 5.31. The number of rotatable bonds is 2. The Kier molecular flexibility index (Phi) is 2.65. The lowest BCUT2D eigenvalue weighted by molar-refractivity contribution is 0.415. The molecule has 6 heteroatoms. The minimum absolute atomic E-state index is 0.835. The molecule has 0 bridgehead atoms. The van der Waals surface area contributed by atoms with Crippen LogP contribution in [0.15, 0.2) is 36.0 Å². The van der Waals surface area contributed by atoms with E-state index in [4.69, 9.17) is 4.74 Å². The molecule has 0 aliphatic rings. The summed E-state index contributed by atoms with van der Waals surface area (Å²) in [6.07, 6.45) is 1.78. The third-order valence-electron chi connectivity index (χ3n) is 3.53. The summed E-state index contributed by atoms with van der Waals surface area (Å²) in [7, 11) is 1.67. The second-order valence-corrected chi connectivity index (χ2v) is 5.60. The lowest BCUT2D eigenvalue weighted by atomic mass is 10.1. The van der Waals surface area contributed by atoms with E-state index in [0.717, 1.165) is 38.6 Å². The van der Waals surface area contributed by atoms with E-state index in [1.807, 2.05) is 29.5 Å². The Morgan fingerprint density at radius 3 is 3.00 bits per heavy atom. The molecule has 0 saturated heterocycles. The summed E-state index contributed by atoms with van der Waals surface area (Å²) in [5.41, 5.74) is 3.05. The summed E-state index contributed by atoms with van der Waals surface area (Å²) >= 11 is 1.61. The molecule has 0 atom stereocenters. The third-order valence-corrected chi connectivity index (χ3v) is 4.42. The minimum atomic E-state index is 0.835. The molecule has 3 heterocycles. The van der Waals surface area contributed by atoms with Gasteiger partial charge in [0.1, 0.15) is 22.7 Å². The highest BCUT2D eigenvalue weighted by Gasteiger charge is 2.14. The van der Waals surface area contributed by atoms with Crippen molar-refractivity contribution in [1.29, 1.82) is 0 Å². The minimum Gasteiger partial charge on any atom is -0.497 e. The SMILES string of the molecule is COc1cccc(-c2csc3ncn4c(C)nnc4c23)c1. The van der Waals surface area contributed by atoms with Gasteiger partial charge in [-0.25, -0.2) is 4.98 Å². The molecule has 3 aromatic heterocycles. The molecule has 104 valence electrons. The van der Waals surface area contributed by atoms with Crippen molar-refractivity contribution in [2.24, 2.45) is 0 Å². The average molecular weight is 296 g/mol. The topological polar surface area (TPSA) is 52.3 Å². The first kappa shape index (κ1) is 12.3. The summed E-state index contributed by atoms with van der Waals surface area (Å²) in [6, 6.07) is 8.01. The first-order valence-corrected chi connectivity index (χ1v) is 7.38. The summed E-state index contributed by atoms with van der Waals surface area (Å²) in [5, 5.41) is 11.6. The van der Waals surface area contributed by atoms with E-state index in [2.05, 4.69) is 26.6 Å². The van der Waals surface area contributed by atoms with Gasteiger partial charge in [0.15, 0.2) is 5.65 Å². The number of aryl methyl sites for hydroxylation is 1. The Balaban J connectivity index is 2.06. The zero-order valence-electron chi connectivity index (χ0n) is 11.6. The van der Waals surface area contributed by atoms with Crippen molar-refractivity contribution < 1.29 is 4.74 Å². The largest absolute Gasteiger partial charge is 0.497 e. The molecule has 0 aliphatic carbocycles. The van der Waals surface area contributed by atoms with Crippen LogP contribution in [0.1, 0.15) is 5.82 Å². The number of ether oxygens (including phenoxy) is 1. The molecule has 5 nitrogen and oxygen atoms in total. The monoisotopic (exact) mass is 296 g/mol. The summed E-state index contributed by atoms with van der Waals surface area (Å²) in [5.74, 6) is 1.67. The van der Waals surface area contributed by atoms with Crippen LogP contribution in [0.2, 0.25) is 0 Å². The van der Waals surface area contributed by atoms with Crippen molar-refractivity contribution in [2.75, 3.05) is 7.11 Å². The van der Waals surface area contributed by atoms with Gasteiger partial charge in [0, 0.05) is 10.9 Å². The van der Waals surface area contributed by atoms with Gasteiger partial charge >= 0.3 is 0 Å². The van der Waals surface area contributed by atoms with Crippen LogP contribution >= 0.6 is 11.3 Å². The first-order chi connectivity index (χ1) is 10.3. The molecule has 21 heavy (non-hydrogen) atoms. The van der Waals surface area contributed by atoms with E-state index >= 15 is 0 Å². The van der Waals surface area contributed by atoms with E-state index in [1.165, 1.54) is 0 Å². The van der Waals surface area contributed by atoms with E-state index in [0.29, 0.717) is 0 Å². The van der Waals surface area contributed by atoms with Gasteiger partial charge in [-0.2, -0.15) is 0 Å². The quantitative estimate of drug-likeness (QED) is 0.569. The van der Waals surface area contributed by atoms with Crippen LogP contribution < -0.4 is 4.74 Å². The number of aromatic nitrogens is 4. The molecule has 0 unspecified atom stereocenters. The fourth-order valence-corrected chi connectivity index (χ4v) is 3.36. The maximum atomic E-state index is 5.31. The summed E-state index contributed by atoms with van der Waals surface area (Å²) in [4.78, 5) is 5.47. The molecule has 0 aliphatic heterocycles. The van der Waals surface area contributed by atoms with Crippen molar-refractivity contribution in [2.45, 2.75) is 6.92 Å². The zero-order valence-corrected chi connectivity index (χ0v) is 12.4. The number of hydrogen-bond acceptors (Lipinski definition) is 5. The summed E-state index contributed by atoms with van der Waals surface area (Å²) < 4.78 is 7.23. The first-order valence-electron chi connectivity index (χ1n) is 6.50. The molecule has 0 saturated carbocycles. The van der Waals surface area contributed by atoms with Gasteiger partial charge in [-0.3, -0.25) is 4.40 Å². The molecule has 0 radical (unpaired) electrons. The molecule has 1 aromatic carbocycles. The molecular formula is C15H12N4OS. The highest BCUT2D eigenvalue weighted by atomic mass is 32.1. The highest BCUT2D eigenvalue weighted by Crippen LogP contribution is 2.36. The number of fused-ring (bicyclic) bond motifs is 3. The van der Waals surface area contributed by atoms with Crippen molar-refractivity contribution >= 4 is 27.2 Å². The lowest BCUT2D eigenvalue weighted by Gasteiger charge is -2.04. The molecular weight excluding hydrogens is 284 g/mol. The van der Waals surface area contributed by atoms with Crippen molar-refractivity contribution in [3.05, 3.63) is 41.8 Å². The van der Waals surface area contributed by atoms with Gasteiger partial charge in [-0.15, -0.1) is 21.5 Å². The van der Waals surface area contributed by atoms with Gasteiger partial charge in [0.2, 0.25) is 0 Å². The maximum Gasteiger partial charge on any atom is 0.173 e.